The van der Waals surface area contributed by atoms with Crippen molar-refractivity contribution in [3.05, 3.63) is 31.1 Å². The van der Waals surface area contributed by atoms with Crippen molar-refractivity contribution in [3.63, 3.8) is 0 Å². The Morgan fingerprint density at radius 1 is 1.12 bits per heavy atom. The second kappa shape index (κ2) is 7.42. The number of hydrogen-bond acceptors (Lipinski definition) is 5. The van der Waals surface area contributed by atoms with Crippen LogP contribution in [0.3, 0.4) is 0 Å². The van der Waals surface area contributed by atoms with Gasteiger partial charge in [-0.2, -0.15) is 0 Å². The summed E-state index contributed by atoms with van der Waals surface area (Å²) in [7, 11) is 0. The standard InChI is InChI=1S/C17H24N6O/c1-3-14(4-2)17(24)22-9-7-21(8-10-22)15-11-16(20-12-19-15)23-6-5-18-13-23/h5-6,11-14H,3-4,7-10H2,1-2H3. The van der Waals surface area contributed by atoms with Crippen LogP contribution in [0.15, 0.2) is 31.1 Å². The van der Waals surface area contributed by atoms with Gasteiger partial charge in [-0.3, -0.25) is 9.36 Å². The minimum absolute atomic E-state index is 0.156. The minimum atomic E-state index is 0.156. The molecule has 2 aromatic heterocycles. The Bertz CT molecular complexity index is 659. The molecule has 0 aliphatic carbocycles. The molecule has 7 nitrogen and oxygen atoms in total. The van der Waals surface area contributed by atoms with E-state index in [4.69, 9.17) is 0 Å². The van der Waals surface area contributed by atoms with Crippen LogP contribution in [0.4, 0.5) is 5.82 Å². The van der Waals surface area contributed by atoms with Gasteiger partial charge >= 0.3 is 0 Å². The molecular weight excluding hydrogens is 304 g/mol. The fraction of sp³-hybridized carbons (Fsp3) is 0.529. The molecule has 0 spiro atoms. The maximum absolute atomic E-state index is 12.5. The molecule has 1 fully saturated rings. The summed E-state index contributed by atoms with van der Waals surface area (Å²) in [6, 6.07) is 1.96. The third kappa shape index (κ3) is 3.39. The first kappa shape index (κ1) is 16.4. The van der Waals surface area contributed by atoms with Crippen molar-refractivity contribution in [3.8, 4) is 5.82 Å². The van der Waals surface area contributed by atoms with Crippen molar-refractivity contribution in [2.75, 3.05) is 31.1 Å². The number of imidazole rings is 1. The first-order chi connectivity index (χ1) is 11.7. The van der Waals surface area contributed by atoms with E-state index < -0.39 is 0 Å². The number of piperazine rings is 1. The maximum Gasteiger partial charge on any atom is 0.225 e. The van der Waals surface area contributed by atoms with Gasteiger partial charge in [0.1, 0.15) is 24.3 Å². The number of aromatic nitrogens is 4. The van der Waals surface area contributed by atoms with Gasteiger partial charge in [-0.25, -0.2) is 15.0 Å². The van der Waals surface area contributed by atoms with Crippen molar-refractivity contribution in [2.45, 2.75) is 26.7 Å². The number of anilines is 1. The smallest absolute Gasteiger partial charge is 0.225 e. The Morgan fingerprint density at radius 2 is 1.83 bits per heavy atom. The van der Waals surface area contributed by atoms with E-state index >= 15 is 0 Å². The molecule has 0 radical (unpaired) electrons. The predicted octanol–water partition coefficient (Wildman–Crippen LogP) is 1.75. The van der Waals surface area contributed by atoms with Gasteiger partial charge in [0, 0.05) is 50.6 Å². The summed E-state index contributed by atoms with van der Waals surface area (Å²) in [6.45, 7) is 7.26. The lowest BCUT2D eigenvalue weighted by molar-refractivity contribution is -0.136. The highest BCUT2D eigenvalue weighted by atomic mass is 16.2. The Balaban J connectivity index is 1.65. The highest BCUT2D eigenvalue weighted by Crippen LogP contribution is 2.18. The first-order valence-corrected chi connectivity index (χ1v) is 8.57. The highest BCUT2D eigenvalue weighted by Gasteiger charge is 2.26. The van der Waals surface area contributed by atoms with E-state index in [0.29, 0.717) is 5.91 Å². The second-order valence-electron chi connectivity index (χ2n) is 6.03. The molecule has 0 saturated carbocycles. The van der Waals surface area contributed by atoms with Gasteiger partial charge in [-0.05, 0) is 12.8 Å². The summed E-state index contributed by atoms with van der Waals surface area (Å²) in [5.41, 5.74) is 0. The zero-order valence-corrected chi connectivity index (χ0v) is 14.3. The summed E-state index contributed by atoms with van der Waals surface area (Å²) in [6.07, 6.45) is 8.71. The largest absolute Gasteiger partial charge is 0.353 e. The van der Waals surface area contributed by atoms with E-state index in [1.807, 2.05) is 21.7 Å². The van der Waals surface area contributed by atoms with Crippen molar-refractivity contribution in [1.82, 2.24) is 24.4 Å². The molecule has 7 heteroatoms. The van der Waals surface area contributed by atoms with Crippen LogP contribution in [0.1, 0.15) is 26.7 Å². The molecule has 1 saturated heterocycles. The van der Waals surface area contributed by atoms with Crippen molar-refractivity contribution in [1.29, 1.82) is 0 Å². The van der Waals surface area contributed by atoms with Crippen LogP contribution < -0.4 is 4.90 Å². The lowest BCUT2D eigenvalue weighted by atomic mass is 10.0. The Labute approximate surface area is 142 Å². The molecule has 2 aromatic rings. The molecule has 3 heterocycles. The molecule has 1 amide bonds. The van der Waals surface area contributed by atoms with E-state index in [0.717, 1.165) is 50.7 Å². The summed E-state index contributed by atoms with van der Waals surface area (Å²) in [5, 5.41) is 0. The SMILES string of the molecule is CCC(CC)C(=O)N1CCN(c2cc(-n3ccnc3)ncn2)CC1. The fourth-order valence-corrected chi connectivity index (χ4v) is 3.10. The minimum Gasteiger partial charge on any atom is -0.353 e. The Morgan fingerprint density at radius 3 is 2.46 bits per heavy atom. The molecule has 1 aliphatic heterocycles. The highest BCUT2D eigenvalue weighted by molar-refractivity contribution is 5.79. The quantitative estimate of drug-likeness (QED) is 0.836. The molecule has 0 N–H and O–H groups in total. The normalized spacial score (nSPS) is 15.1. The van der Waals surface area contributed by atoms with Gasteiger partial charge in [0.25, 0.3) is 0 Å². The van der Waals surface area contributed by atoms with E-state index in [9.17, 15) is 4.79 Å². The molecule has 0 atom stereocenters. The van der Waals surface area contributed by atoms with Gasteiger partial charge in [0.15, 0.2) is 0 Å². The van der Waals surface area contributed by atoms with Gasteiger partial charge in [-0.1, -0.05) is 13.8 Å². The van der Waals surface area contributed by atoms with E-state index in [1.54, 1.807) is 18.9 Å². The zero-order valence-electron chi connectivity index (χ0n) is 14.3. The van der Waals surface area contributed by atoms with Gasteiger partial charge in [0.05, 0.1) is 0 Å². The van der Waals surface area contributed by atoms with Crippen LogP contribution >= 0.6 is 0 Å². The van der Waals surface area contributed by atoms with Crippen molar-refractivity contribution < 1.29 is 4.79 Å². The lowest BCUT2D eigenvalue weighted by Gasteiger charge is -2.36. The average molecular weight is 328 g/mol. The number of hydrogen-bond donors (Lipinski definition) is 0. The van der Waals surface area contributed by atoms with Crippen LogP contribution in [0.2, 0.25) is 0 Å². The number of carbonyl (C=O) groups excluding carboxylic acids is 1. The maximum atomic E-state index is 12.5. The molecule has 1 aliphatic rings. The topological polar surface area (TPSA) is 67.2 Å². The molecule has 0 unspecified atom stereocenters. The fourth-order valence-electron chi connectivity index (χ4n) is 3.10. The first-order valence-electron chi connectivity index (χ1n) is 8.57. The van der Waals surface area contributed by atoms with Crippen LogP contribution in [0.5, 0.6) is 0 Å². The molecule has 24 heavy (non-hydrogen) atoms. The number of amides is 1. The summed E-state index contributed by atoms with van der Waals surface area (Å²) in [5.74, 6) is 2.14. The Hall–Kier alpha value is -2.44. The predicted molar refractivity (Wildman–Crippen MR) is 92.0 cm³/mol. The monoisotopic (exact) mass is 328 g/mol. The summed E-state index contributed by atoms with van der Waals surface area (Å²) in [4.78, 5) is 29.4. The second-order valence-corrected chi connectivity index (χ2v) is 6.03. The van der Waals surface area contributed by atoms with Gasteiger partial charge < -0.3 is 9.80 Å². The van der Waals surface area contributed by atoms with Crippen molar-refractivity contribution in [2.24, 2.45) is 5.92 Å². The van der Waals surface area contributed by atoms with Crippen LogP contribution in [-0.4, -0.2) is 56.5 Å². The van der Waals surface area contributed by atoms with Gasteiger partial charge in [-0.15, -0.1) is 0 Å². The molecule has 3 rings (SSSR count). The Kier molecular flexibility index (Phi) is 5.08. The van der Waals surface area contributed by atoms with Crippen LogP contribution in [0, 0.1) is 5.92 Å². The van der Waals surface area contributed by atoms with Crippen LogP contribution in [0.25, 0.3) is 5.82 Å². The van der Waals surface area contributed by atoms with E-state index in [-0.39, 0.29) is 5.92 Å². The van der Waals surface area contributed by atoms with E-state index in [1.165, 1.54) is 0 Å². The van der Waals surface area contributed by atoms with Gasteiger partial charge in [0.2, 0.25) is 5.91 Å². The lowest BCUT2D eigenvalue weighted by Crippen LogP contribution is -2.50. The third-order valence-electron chi connectivity index (χ3n) is 4.66. The molecule has 0 aromatic carbocycles. The summed E-state index contributed by atoms with van der Waals surface area (Å²) >= 11 is 0. The van der Waals surface area contributed by atoms with Crippen LogP contribution in [-0.2, 0) is 4.79 Å². The third-order valence-corrected chi connectivity index (χ3v) is 4.66. The molecule has 128 valence electrons. The molecular formula is C17H24N6O. The zero-order chi connectivity index (χ0) is 16.9. The number of rotatable bonds is 5. The number of carbonyl (C=O) groups is 1. The number of nitrogens with zero attached hydrogens (tertiary/aromatic N) is 6. The van der Waals surface area contributed by atoms with Crippen molar-refractivity contribution >= 4 is 11.7 Å². The molecule has 0 bridgehead atoms. The summed E-state index contributed by atoms with van der Waals surface area (Å²) < 4.78 is 1.86. The average Bonchev–Trinajstić information content (AvgIpc) is 3.18. The van der Waals surface area contributed by atoms with E-state index in [2.05, 4.69) is 33.7 Å².